The first-order valence-corrected chi connectivity index (χ1v) is 9.43. The highest BCUT2D eigenvalue weighted by atomic mass is 79.9. The summed E-state index contributed by atoms with van der Waals surface area (Å²) >= 11 is 4.85. The number of carbonyl (C=O) groups excluding carboxylic acids is 1. The van der Waals surface area contributed by atoms with E-state index < -0.39 is 0 Å². The van der Waals surface area contributed by atoms with Gasteiger partial charge >= 0.3 is 0 Å². The quantitative estimate of drug-likeness (QED) is 0.421. The third-order valence-electron chi connectivity index (χ3n) is 4.02. The van der Waals surface area contributed by atoms with E-state index in [9.17, 15) is 10.1 Å². The highest BCUT2D eigenvalue weighted by Gasteiger charge is 2.31. The van der Waals surface area contributed by atoms with Gasteiger partial charge in [0.25, 0.3) is 0 Å². The van der Waals surface area contributed by atoms with Crippen molar-refractivity contribution in [3.63, 3.8) is 0 Å². The number of allylic oxidation sites excluding steroid dienone is 1. The first kappa shape index (κ1) is 17.6. The number of thioether (sulfide) groups is 1. The van der Waals surface area contributed by atoms with Crippen molar-refractivity contribution in [1.82, 2.24) is 0 Å². The summed E-state index contributed by atoms with van der Waals surface area (Å²) in [6, 6.07) is 17.7. The Bertz CT molecular complexity index is 873. The Hall–Kier alpha value is -2.23. The van der Waals surface area contributed by atoms with Crippen molar-refractivity contribution in [2.24, 2.45) is 0 Å². The van der Waals surface area contributed by atoms with Gasteiger partial charge in [0.2, 0.25) is 0 Å². The van der Waals surface area contributed by atoms with Crippen LogP contribution in [0.5, 0.6) is 0 Å². The number of halogens is 1. The van der Waals surface area contributed by atoms with Gasteiger partial charge < -0.3 is 9.80 Å². The number of rotatable bonds is 4. The minimum absolute atomic E-state index is 0.172. The van der Waals surface area contributed by atoms with Crippen LogP contribution in [-0.4, -0.2) is 25.6 Å². The summed E-state index contributed by atoms with van der Waals surface area (Å²) in [6.07, 6.45) is 0. The summed E-state index contributed by atoms with van der Waals surface area (Å²) in [7, 11) is 3.76. The molecule has 0 saturated carbocycles. The molecule has 0 N–H and O–H groups in total. The van der Waals surface area contributed by atoms with E-state index in [1.54, 1.807) is 0 Å². The molecule has 2 aromatic rings. The Morgan fingerprint density at radius 2 is 1.76 bits per heavy atom. The fourth-order valence-corrected chi connectivity index (χ4v) is 4.21. The van der Waals surface area contributed by atoms with Crippen molar-refractivity contribution >= 4 is 44.8 Å². The SMILES string of the molecule is CN1C(=C(C#N)C(=O)CSc2cccc(Br)c2)N(C)c2ccccc21. The summed E-state index contributed by atoms with van der Waals surface area (Å²) in [5.74, 6) is 0.679. The number of para-hydroxylation sites is 2. The maximum Gasteiger partial charge on any atom is 0.187 e. The Morgan fingerprint density at radius 1 is 1.12 bits per heavy atom. The van der Waals surface area contributed by atoms with Gasteiger partial charge in [-0.1, -0.05) is 34.1 Å². The lowest BCUT2D eigenvalue weighted by molar-refractivity contribution is -0.112. The van der Waals surface area contributed by atoms with Crippen LogP contribution < -0.4 is 9.80 Å². The van der Waals surface area contributed by atoms with E-state index in [4.69, 9.17) is 0 Å². The third-order valence-corrected chi connectivity index (χ3v) is 5.51. The molecule has 0 aromatic heterocycles. The maximum atomic E-state index is 12.7. The molecule has 1 aliphatic heterocycles. The smallest absolute Gasteiger partial charge is 0.187 e. The first-order chi connectivity index (χ1) is 12.0. The molecule has 1 aliphatic rings. The zero-order valence-corrected chi connectivity index (χ0v) is 16.3. The van der Waals surface area contributed by atoms with Crippen molar-refractivity contribution in [3.05, 3.63) is 64.4 Å². The molecule has 0 spiro atoms. The minimum atomic E-state index is -0.172. The zero-order chi connectivity index (χ0) is 18.0. The van der Waals surface area contributed by atoms with Gasteiger partial charge in [0.15, 0.2) is 5.78 Å². The van der Waals surface area contributed by atoms with Crippen molar-refractivity contribution < 1.29 is 4.79 Å². The summed E-state index contributed by atoms with van der Waals surface area (Å²) in [6.45, 7) is 0. The average Bonchev–Trinajstić information content (AvgIpc) is 2.86. The number of nitriles is 1. The lowest BCUT2D eigenvalue weighted by Gasteiger charge is -2.19. The normalized spacial score (nSPS) is 12.8. The lowest BCUT2D eigenvalue weighted by Crippen LogP contribution is -2.26. The molecule has 0 atom stereocenters. The van der Waals surface area contributed by atoms with Crippen LogP contribution in [0.3, 0.4) is 0 Å². The van der Waals surface area contributed by atoms with Crippen LogP contribution in [0.2, 0.25) is 0 Å². The molecule has 6 heteroatoms. The second kappa shape index (κ2) is 7.34. The Balaban J connectivity index is 1.86. The standard InChI is InChI=1S/C19H16BrN3OS/c1-22-16-8-3-4-9-17(16)23(2)19(22)15(11-21)18(24)12-25-14-7-5-6-13(20)10-14/h3-10H,12H2,1-2H3. The zero-order valence-electron chi connectivity index (χ0n) is 13.9. The van der Waals surface area contributed by atoms with Gasteiger partial charge in [0, 0.05) is 23.5 Å². The molecule has 0 fully saturated rings. The van der Waals surface area contributed by atoms with Crippen LogP contribution in [-0.2, 0) is 4.79 Å². The molecule has 3 rings (SSSR count). The number of anilines is 2. The molecule has 4 nitrogen and oxygen atoms in total. The number of benzene rings is 2. The van der Waals surface area contributed by atoms with Crippen LogP contribution in [0.25, 0.3) is 0 Å². The topological polar surface area (TPSA) is 47.3 Å². The summed E-state index contributed by atoms with van der Waals surface area (Å²) in [5, 5.41) is 9.61. The fourth-order valence-electron chi connectivity index (χ4n) is 2.83. The Labute approximate surface area is 159 Å². The van der Waals surface area contributed by atoms with Crippen LogP contribution in [0.4, 0.5) is 11.4 Å². The molecule has 0 bridgehead atoms. The van der Waals surface area contributed by atoms with E-state index in [1.807, 2.05) is 72.4 Å². The van der Waals surface area contributed by atoms with Gasteiger partial charge in [0.1, 0.15) is 17.5 Å². The van der Waals surface area contributed by atoms with E-state index in [2.05, 4.69) is 22.0 Å². The molecule has 126 valence electrons. The molecular formula is C19H16BrN3OS. The van der Waals surface area contributed by atoms with Gasteiger partial charge in [-0.15, -0.1) is 11.8 Å². The van der Waals surface area contributed by atoms with Gasteiger partial charge in [-0.05, 0) is 30.3 Å². The largest absolute Gasteiger partial charge is 0.328 e. The van der Waals surface area contributed by atoms with Gasteiger partial charge in [-0.2, -0.15) is 5.26 Å². The summed E-state index contributed by atoms with van der Waals surface area (Å²) in [4.78, 5) is 17.5. The van der Waals surface area contributed by atoms with Crippen LogP contribution in [0.15, 0.2) is 69.3 Å². The molecule has 25 heavy (non-hydrogen) atoms. The van der Waals surface area contributed by atoms with Gasteiger partial charge in [0.05, 0.1) is 17.1 Å². The maximum absolute atomic E-state index is 12.7. The molecule has 1 heterocycles. The average molecular weight is 414 g/mol. The highest BCUT2D eigenvalue weighted by Crippen LogP contribution is 2.40. The van der Waals surface area contributed by atoms with E-state index in [0.717, 1.165) is 20.7 Å². The molecule has 0 saturated heterocycles. The second-order valence-electron chi connectivity index (χ2n) is 5.59. The first-order valence-electron chi connectivity index (χ1n) is 7.65. The number of fused-ring (bicyclic) bond motifs is 1. The van der Waals surface area contributed by atoms with Crippen LogP contribution >= 0.6 is 27.7 Å². The van der Waals surface area contributed by atoms with Crippen LogP contribution in [0.1, 0.15) is 0 Å². The summed E-state index contributed by atoms with van der Waals surface area (Å²) in [5.41, 5.74) is 2.16. The van der Waals surface area contributed by atoms with Gasteiger partial charge in [-0.3, -0.25) is 4.79 Å². The highest BCUT2D eigenvalue weighted by molar-refractivity contribution is 9.10. The van der Waals surface area contributed by atoms with Crippen molar-refractivity contribution in [3.8, 4) is 6.07 Å². The second-order valence-corrected chi connectivity index (χ2v) is 7.55. The number of carbonyl (C=O) groups is 1. The van der Waals surface area contributed by atoms with E-state index in [0.29, 0.717) is 5.82 Å². The molecule has 0 amide bonds. The number of hydrogen-bond donors (Lipinski definition) is 0. The molecule has 2 aromatic carbocycles. The van der Waals surface area contributed by atoms with E-state index in [1.165, 1.54) is 11.8 Å². The monoisotopic (exact) mass is 413 g/mol. The van der Waals surface area contributed by atoms with Crippen LogP contribution in [0, 0.1) is 11.3 Å². The molecule has 0 radical (unpaired) electrons. The fraction of sp³-hybridized carbons (Fsp3) is 0.158. The third kappa shape index (κ3) is 3.44. The molecule has 0 aliphatic carbocycles. The molecular weight excluding hydrogens is 398 g/mol. The van der Waals surface area contributed by atoms with E-state index in [-0.39, 0.29) is 17.1 Å². The van der Waals surface area contributed by atoms with E-state index >= 15 is 0 Å². The predicted octanol–water partition coefficient (Wildman–Crippen LogP) is 4.43. The Kier molecular flexibility index (Phi) is 5.16. The molecule has 0 unspecified atom stereocenters. The number of hydrogen-bond acceptors (Lipinski definition) is 5. The number of nitrogens with zero attached hydrogens (tertiary/aromatic N) is 3. The lowest BCUT2D eigenvalue weighted by atomic mass is 10.2. The predicted molar refractivity (Wildman–Crippen MR) is 106 cm³/mol. The van der Waals surface area contributed by atoms with Gasteiger partial charge in [-0.25, -0.2) is 0 Å². The number of ketones is 1. The minimum Gasteiger partial charge on any atom is -0.328 e. The van der Waals surface area contributed by atoms with Crippen molar-refractivity contribution in [1.29, 1.82) is 5.26 Å². The van der Waals surface area contributed by atoms with Crippen molar-refractivity contribution in [2.45, 2.75) is 4.90 Å². The summed E-state index contributed by atoms with van der Waals surface area (Å²) < 4.78 is 0.967. The van der Waals surface area contributed by atoms with Crippen molar-refractivity contribution in [2.75, 3.05) is 29.6 Å². The number of Topliss-reactive ketones (excluding diaryl/α,β-unsaturated/α-hetero) is 1. The Morgan fingerprint density at radius 3 is 2.32 bits per heavy atom.